The Morgan fingerprint density at radius 3 is 2.07 bits per heavy atom. The maximum Gasteiger partial charge on any atom is 1.00 e. The molecule has 1 atom stereocenters. The topological polar surface area (TPSA) is 3.24 Å². The molecule has 0 saturated heterocycles. The van der Waals surface area contributed by atoms with Crippen molar-refractivity contribution in [3.05, 3.63) is 0 Å². The third-order valence-electron chi connectivity index (χ3n) is 2.45. The summed E-state index contributed by atoms with van der Waals surface area (Å²) in [6, 6.07) is 0.0325. The summed E-state index contributed by atoms with van der Waals surface area (Å²) in [5.74, 6) is 0. The average molecular weight is 249 g/mol. The van der Waals surface area contributed by atoms with Crippen molar-refractivity contribution < 1.29 is 64.3 Å². The minimum Gasteiger partial charge on any atom is -0.448 e. The Hall–Kier alpha value is 1.45. The molecule has 1 nitrogen and oxygen atoms in total. The van der Waals surface area contributed by atoms with Gasteiger partial charge in [-0.25, -0.2) is 0 Å². The van der Waals surface area contributed by atoms with Crippen LogP contribution in [0.5, 0.6) is 0 Å². The fourth-order valence-corrected chi connectivity index (χ4v) is 1.38. The number of nitrogens with zero attached hydrogens (tertiary/aromatic N) is 1. The fourth-order valence-electron chi connectivity index (χ4n) is 1.38. The second kappa shape index (κ2) is 9.48. The molecular formula is C9H20BF3KN. The van der Waals surface area contributed by atoms with Gasteiger partial charge in [-0.3, -0.25) is 0 Å². The van der Waals surface area contributed by atoms with Gasteiger partial charge in [0.25, 0.3) is 0 Å². The van der Waals surface area contributed by atoms with Gasteiger partial charge in [0.05, 0.1) is 0 Å². The Kier molecular flexibility index (Phi) is 11.9. The van der Waals surface area contributed by atoms with Crippen molar-refractivity contribution in [2.45, 2.75) is 46.1 Å². The van der Waals surface area contributed by atoms with Gasteiger partial charge in [-0.2, -0.15) is 0 Å². The summed E-state index contributed by atoms with van der Waals surface area (Å²) in [5, 5.41) is 0. The van der Waals surface area contributed by atoms with Gasteiger partial charge in [0, 0.05) is 6.04 Å². The minimum atomic E-state index is -4.68. The van der Waals surface area contributed by atoms with E-state index in [2.05, 4.69) is 0 Å². The zero-order valence-corrected chi connectivity index (χ0v) is 13.4. The Morgan fingerprint density at radius 1 is 1.20 bits per heavy atom. The Labute approximate surface area is 134 Å². The van der Waals surface area contributed by atoms with E-state index in [0.29, 0.717) is 6.54 Å². The summed E-state index contributed by atoms with van der Waals surface area (Å²) >= 11 is 0. The predicted octanol–water partition coefficient (Wildman–Crippen LogP) is 0.278. The number of unbranched alkanes of at least 4 members (excludes halogenated alkanes) is 1. The van der Waals surface area contributed by atoms with Crippen LogP contribution in [0.2, 0.25) is 0 Å². The Balaban J connectivity index is 0. The quantitative estimate of drug-likeness (QED) is 0.586. The zero-order chi connectivity index (χ0) is 11.2. The van der Waals surface area contributed by atoms with Gasteiger partial charge >= 0.3 is 58.4 Å². The number of hydrogen-bond donors (Lipinski definition) is 0. The third-order valence-corrected chi connectivity index (χ3v) is 2.45. The van der Waals surface area contributed by atoms with E-state index in [9.17, 15) is 12.9 Å². The monoisotopic (exact) mass is 249 g/mol. The van der Waals surface area contributed by atoms with Crippen LogP contribution in [0.3, 0.4) is 0 Å². The minimum absolute atomic E-state index is 0. The van der Waals surface area contributed by atoms with Crippen LogP contribution < -0.4 is 51.4 Å². The van der Waals surface area contributed by atoms with Crippen LogP contribution >= 0.6 is 0 Å². The smallest absolute Gasteiger partial charge is 0.448 e. The Bertz CT molecular complexity index is 155. The van der Waals surface area contributed by atoms with Crippen LogP contribution in [0.15, 0.2) is 0 Å². The van der Waals surface area contributed by atoms with E-state index in [4.69, 9.17) is 0 Å². The van der Waals surface area contributed by atoms with E-state index in [0.717, 1.165) is 19.3 Å². The maximum absolute atomic E-state index is 12.3. The van der Waals surface area contributed by atoms with Crippen LogP contribution in [-0.2, 0) is 0 Å². The Morgan fingerprint density at radius 2 is 1.73 bits per heavy atom. The molecule has 0 aliphatic heterocycles. The largest absolute Gasteiger partial charge is 1.00 e. The summed E-state index contributed by atoms with van der Waals surface area (Å²) in [5.41, 5.74) is 0. The second-order valence-corrected chi connectivity index (χ2v) is 3.82. The van der Waals surface area contributed by atoms with Gasteiger partial charge in [0.2, 0.25) is 0 Å². The average Bonchev–Trinajstić information content (AvgIpc) is 2.09. The van der Waals surface area contributed by atoms with E-state index < -0.39 is 13.4 Å². The molecule has 0 amide bonds. The van der Waals surface area contributed by atoms with E-state index in [1.165, 1.54) is 0 Å². The first-order valence-corrected chi connectivity index (χ1v) is 5.35. The number of hydrogen-bond acceptors (Lipinski definition) is 1. The number of rotatable bonds is 7. The standard InChI is InChI=1S/C9H20BF3N.K/c1-4-6-7-14(9(3)5-2)8-10(11,12)13;/h9H,4-8H2,1-3H3;/q-1;+1. The molecule has 86 valence electrons. The molecule has 0 spiro atoms. The van der Waals surface area contributed by atoms with Gasteiger partial charge in [-0.05, 0) is 32.8 Å². The molecule has 0 heterocycles. The summed E-state index contributed by atoms with van der Waals surface area (Å²) in [4.78, 5) is 1.55. The molecule has 0 N–H and O–H groups in total. The van der Waals surface area contributed by atoms with Crippen molar-refractivity contribution in [2.24, 2.45) is 0 Å². The summed E-state index contributed by atoms with van der Waals surface area (Å²) in [6.07, 6.45) is 1.85. The van der Waals surface area contributed by atoms with Crippen LogP contribution in [0.4, 0.5) is 12.9 Å². The van der Waals surface area contributed by atoms with Crippen LogP contribution in [0, 0.1) is 0 Å². The molecular weight excluding hydrogens is 229 g/mol. The van der Waals surface area contributed by atoms with E-state index in [1.807, 2.05) is 20.8 Å². The van der Waals surface area contributed by atoms with E-state index in [1.54, 1.807) is 4.90 Å². The predicted molar refractivity (Wildman–Crippen MR) is 55.3 cm³/mol. The zero-order valence-electron chi connectivity index (χ0n) is 10.3. The van der Waals surface area contributed by atoms with Gasteiger partial charge < -0.3 is 17.8 Å². The SMILES string of the molecule is CCCCN(C[B-](F)(F)F)C(C)CC.[K+]. The van der Waals surface area contributed by atoms with Gasteiger partial charge in [-0.15, -0.1) is 0 Å². The van der Waals surface area contributed by atoms with E-state index >= 15 is 0 Å². The first-order chi connectivity index (χ1) is 6.40. The maximum atomic E-state index is 12.3. The molecule has 0 bridgehead atoms. The van der Waals surface area contributed by atoms with Crippen molar-refractivity contribution in [3.63, 3.8) is 0 Å². The third kappa shape index (κ3) is 10.3. The first kappa shape index (κ1) is 18.8. The van der Waals surface area contributed by atoms with E-state index in [-0.39, 0.29) is 57.4 Å². The van der Waals surface area contributed by atoms with Gasteiger partial charge in [-0.1, -0.05) is 20.3 Å². The molecule has 0 radical (unpaired) electrons. The molecule has 0 saturated carbocycles. The van der Waals surface area contributed by atoms with Gasteiger partial charge in [0.1, 0.15) is 0 Å². The van der Waals surface area contributed by atoms with Crippen molar-refractivity contribution in [1.82, 2.24) is 4.90 Å². The molecule has 0 aliphatic carbocycles. The first-order valence-electron chi connectivity index (χ1n) is 5.35. The van der Waals surface area contributed by atoms with Crippen molar-refractivity contribution >= 4 is 6.98 Å². The summed E-state index contributed by atoms with van der Waals surface area (Å²) in [7, 11) is 0. The fraction of sp³-hybridized carbons (Fsp3) is 1.00. The normalized spacial score (nSPS) is 13.8. The van der Waals surface area contributed by atoms with Crippen molar-refractivity contribution in [1.29, 1.82) is 0 Å². The van der Waals surface area contributed by atoms with Crippen molar-refractivity contribution in [2.75, 3.05) is 13.0 Å². The summed E-state index contributed by atoms with van der Waals surface area (Å²) < 4.78 is 36.8. The molecule has 0 fully saturated rings. The molecule has 0 rings (SSSR count). The van der Waals surface area contributed by atoms with Crippen LogP contribution in [0.1, 0.15) is 40.0 Å². The molecule has 1 unspecified atom stereocenters. The molecule has 0 aromatic heterocycles. The summed E-state index contributed by atoms with van der Waals surface area (Å²) in [6.45, 7) is 1.66. The van der Waals surface area contributed by atoms with Crippen molar-refractivity contribution in [3.8, 4) is 0 Å². The second-order valence-electron chi connectivity index (χ2n) is 3.82. The molecule has 0 aromatic rings. The molecule has 0 aromatic carbocycles. The van der Waals surface area contributed by atoms with Gasteiger partial charge in [0.15, 0.2) is 0 Å². The van der Waals surface area contributed by atoms with Crippen LogP contribution in [-0.4, -0.2) is 30.9 Å². The molecule has 0 aliphatic rings. The number of halogens is 3. The molecule has 6 heteroatoms. The van der Waals surface area contributed by atoms with Crippen LogP contribution in [0.25, 0.3) is 0 Å². The molecule has 15 heavy (non-hydrogen) atoms.